The zero-order valence-electron chi connectivity index (χ0n) is 22.8. The SMILES string of the molecule is CC(C)CNC(=O)[C@@H](Cc1ccccc1)N(Cc1ccc(Cl)c(Cl)c1)C(=O)CN(c1cc(Cl)ccc1Cl)S(C)(=O)=O. The highest BCUT2D eigenvalue weighted by Crippen LogP contribution is 2.31. The third-order valence-electron chi connectivity index (χ3n) is 6.15. The molecule has 3 aromatic carbocycles. The zero-order chi connectivity index (χ0) is 30.3. The molecule has 0 spiro atoms. The second kappa shape index (κ2) is 14.6. The molecule has 220 valence electrons. The Kier molecular flexibility index (Phi) is 11.8. The van der Waals surface area contributed by atoms with Gasteiger partial charge in [-0.2, -0.15) is 0 Å². The third kappa shape index (κ3) is 9.51. The summed E-state index contributed by atoms with van der Waals surface area (Å²) in [7, 11) is -3.99. The lowest BCUT2D eigenvalue weighted by Gasteiger charge is -2.34. The molecule has 2 amide bonds. The number of carbonyl (C=O) groups is 2. The molecule has 0 unspecified atom stereocenters. The Morgan fingerprint density at radius 3 is 2.12 bits per heavy atom. The average molecular weight is 659 g/mol. The van der Waals surface area contributed by atoms with Crippen molar-refractivity contribution in [3.8, 4) is 0 Å². The summed E-state index contributed by atoms with van der Waals surface area (Å²) in [6, 6.07) is 17.5. The fourth-order valence-corrected chi connectivity index (χ4v) is 5.69. The van der Waals surface area contributed by atoms with Crippen molar-refractivity contribution in [1.82, 2.24) is 10.2 Å². The van der Waals surface area contributed by atoms with Crippen LogP contribution < -0.4 is 9.62 Å². The Morgan fingerprint density at radius 2 is 1.51 bits per heavy atom. The molecule has 1 N–H and O–H groups in total. The van der Waals surface area contributed by atoms with Crippen LogP contribution >= 0.6 is 46.4 Å². The summed E-state index contributed by atoms with van der Waals surface area (Å²) >= 11 is 24.8. The second-order valence-electron chi connectivity index (χ2n) is 9.98. The first-order valence-corrected chi connectivity index (χ1v) is 16.1. The number of halogens is 4. The van der Waals surface area contributed by atoms with Crippen LogP contribution in [0.3, 0.4) is 0 Å². The van der Waals surface area contributed by atoms with E-state index in [0.717, 1.165) is 16.1 Å². The van der Waals surface area contributed by atoms with Gasteiger partial charge in [0.2, 0.25) is 21.8 Å². The van der Waals surface area contributed by atoms with Crippen molar-refractivity contribution in [3.05, 3.63) is 97.9 Å². The van der Waals surface area contributed by atoms with Gasteiger partial charge in [0.25, 0.3) is 0 Å². The number of nitrogens with zero attached hydrogens (tertiary/aromatic N) is 2. The Hall–Kier alpha value is -2.49. The number of amides is 2. The topological polar surface area (TPSA) is 86.8 Å². The first-order chi connectivity index (χ1) is 19.3. The van der Waals surface area contributed by atoms with Gasteiger partial charge in [-0.25, -0.2) is 8.42 Å². The molecule has 7 nitrogen and oxygen atoms in total. The van der Waals surface area contributed by atoms with Crippen LogP contribution in [0.25, 0.3) is 0 Å². The molecule has 0 aromatic heterocycles. The van der Waals surface area contributed by atoms with Crippen molar-refractivity contribution >= 4 is 73.9 Å². The Bertz CT molecular complexity index is 1490. The summed E-state index contributed by atoms with van der Waals surface area (Å²) in [6.07, 6.45) is 1.16. The van der Waals surface area contributed by atoms with Gasteiger partial charge in [-0.1, -0.05) is 96.6 Å². The zero-order valence-corrected chi connectivity index (χ0v) is 26.6. The van der Waals surface area contributed by atoms with Gasteiger partial charge in [0, 0.05) is 24.5 Å². The summed E-state index contributed by atoms with van der Waals surface area (Å²) in [5.41, 5.74) is 1.48. The number of carbonyl (C=O) groups excluding carboxylic acids is 2. The van der Waals surface area contributed by atoms with Gasteiger partial charge in [0.05, 0.1) is 27.0 Å². The molecule has 3 rings (SSSR count). The minimum absolute atomic E-state index is 0.0385. The van der Waals surface area contributed by atoms with Crippen LogP contribution in [0, 0.1) is 5.92 Å². The molecule has 0 aliphatic rings. The number of rotatable bonds is 12. The highest BCUT2D eigenvalue weighted by Gasteiger charge is 2.33. The maximum Gasteiger partial charge on any atom is 0.244 e. The minimum Gasteiger partial charge on any atom is -0.354 e. The standard InChI is InChI=1S/C29H31Cl4N3O4S/c1-19(2)16-34-29(38)27(14-20-7-5-4-6-8-20)35(17-21-9-11-23(31)25(33)13-21)28(37)18-36(41(3,39)40)26-15-22(30)10-12-24(26)32/h4-13,15,19,27H,14,16-18H2,1-3H3,(H,34,38)/t27-/m1/s1. The number of anilines is 1. The predicted octanol–water partition coefficient (Wildman–Crippen LogP) is 6.48. The highest BCUT2D eigenvalue weighted by molar-refractivity contribution is 7.92. The molecule has 3 aromatic rings. The number of hydrogen-bond acceptors (Lipinski definition) is 4. The van der Waals surface area contributed by atoms with E-state index in [2.05, 4.69) is 5.32 Å². The van der Waals surface area contributed by atoms with E-state index < -0.39 is 28.5 Å². The van der Waals surface area contributed by atoms with Crippen molar-refractivity contribution < 1.29 is 18.0 Å². The number of hydrogen-bond donors (Lipinski definition) is 1. The number of sulfonamides is 1. The van der Waals surface area contributed by atoms with Crippen LogP contribution in [0.2, 0.25) is 20.1 Å². The van der Waals surface area contributed by atoms with E-state index in [-0.39, 0.29) is 45.5 Å². The summed E-state index contributed by atoms with van der Waals surface area (Å²) in [6.45, 7) is 3.66. The Balaban J connectivity index is 2.09. The van der Waals surface area contributed by atoms with E-state index in [0.29, 0.717) is 17.1 Å². The maximum atomic E-state index is 14.1. The Morgan fingerprint density at radius 1 is 0.854 bits per heavy atom. The lowest BCUT2D eigenvalue weighted by Crippen LogP contribution is -2.53. The van der Waals surface area contributed by atoms with E-state index in [1.165, 1.54) is 23.1 Å². The van der Waals surface area contributed by atoms with Crippen molar-refractivity contribution in [2.45, 2.75) is 32.9 Å². The normalized spacial score (nSPS) is 12.2. The van der Waals surface area contributed by atoms with Crippen LogP contribution in [0.4, 0.5) is 5.69 Å². The van der Waals surface area contributed by atoms with Gasteiger partial charge < -0.3 is 10.2 Å². The maximum absolute atomic E-state index is 14.1. The van der Waals surface area contributed by atoms with Crippen molar-refractivity contribution in [2.24, 2.45) is 5.92 Å². The Labute approximate surface area is 261 Å². The van der Waals surface area contributed by atoms with Crippen LogP contribution in [0.15, 0.2) is 66.7 Å². The first-order valence-electron chi connectivity index (χ1n) is 12.7. The molecular formula is C29H31Cl4N3O4S. The summed E-state index contributed by atoms with van der Waals surface area (Å²) in [5.74, 6) is -0.831. The molecule has 1 atom stereocenters. The van der Waals surface area contributed by atoms with Crippen molar-refractivity contribution in [2.75, 3.05) is 23.7 Å². The van der Waals surface area contributed by atoms with Crippen LogP contribution in [-0.2, 0) is 32.6 Å². The number of nitrogens with one attached hydrogen (secondary N) is 1. The van der Waals surface area contributed by atoms with E-state index in [9.17, 15) is 18.0 Å². The van der Waals surface area contributed by atoms with Gasteiger partial charge >= 0.3 is 0 Å². The molecule has 12 heteroatoms. The summed E-state index contributed by atoms with van der Waals surface area (Å²) < 4.78 is 26.7. The third-order valence-corrected chi connectivity index (χ3v) is 8.57. The lowest BCUT2D eigenvalue weighted by molar-refractivity contribution is -0.140. The van der Waals surface area contributed by atoms with Gasteiger partial charge in [-0.3, -0.25) is 13.9 Å². The molecule has 0 aliphatic carbocycles. The molecule has 0 bridgehead atoms. The fraction of sp³-hybridized carbons (Fsp3) is 0.310. The van der Waals surface area contributed by atoms with Gasteiger partial charge in [0.15, 0.2) is 0 Å². The monoisotopic (exact) mass is 657 g/mol. The molecule has 0 radical (unpaired) electrons. The van der Waals surface area contributed by atoms with Gasteiger partial charge in [-0.15, -0.1) is 0 Å². The summed E-state index contributed by atoms with van der Waals surface area (Å²) in [5, 5.41) is 3.88. The minimum atomic E-state index is -3.99. The van der Waals surface area contributed by atoms with Crippen LogP contribution in [0.5, 0.6) is 0 Å². The molecule has 41 heavy (non-hydrogen) atoms. The van der Waals surface area contributed by atoms with Gasteiger partial charge in [0.1, 0.15) is 12.6 Å². The van der Waals surface area contributed by atoms with E-state index >= 15 is 0 Å². The van der Waals surface area contributed by atoms with E-state index in [1.807, 2.05) is 44.2 Å². The molecule has 0 aliphatic heterocycles. The fourth-order valence-electron chi connectivity index (χ4n) is 4.08. The van der Waals surface area contributed by atoms with Crippen molar-refractivity contribution in [1.29, 1.82) is 0 Å². The van der Waals surface area contributed by atoms with Gasteiger partial charge in [-0.05, 0) is 47.4 Å². The van der Waals surface area contributed by atoms with E-state index in [4.69, 9.17) is 46.4 Å². The molecule has 0 saturated heterocycles. The molecule has 0 fully saturated rings. The smallest absolute Gasteiger partial charge is 0.244 e. The molecule has 0 saturated carbocycles. The molecule has 0 heterocycles. The van der Waals surface area contributed by atoms with Crippen molar-refractivity contribution in [3.63, 3.8) is 0 Å². The largest absolute Gasteiger partial charge is 0.354 e. The first kappa shape index (κ1) is 33.0. The van der Waals surface area contributed by atoms with Crippen LogP contribution in [0.1, 0.15) is 25.0 Å². The quantitative estimate of drug-likeness (QED) is 0.241. The second-order valence-corrected chi connectivity index (χ2v) is 13.5. The molecular weight excluding hydrogens is 628 g/mol. The number of benzene rings is 3. The van der Waals surface area contributed by atoms with E-state index in [1.54, 1.807) is 18.2 Å². The summed E-state index contributed by atoms with van der Waals surface area (Å²) in [4.78, 5) is 29.1. The average Bonchev–Trinajstić information content (AvgIpc) is 2.91. The highest BCUT2D eigenvalue weighted by atomic mass is 35.5. The van der Waals surface area contributed by atoms with Crippen LogP contribution in [-0.4, -0.2) is 50.5 Å². The lowest BCUT2D eigenvalue weighted by atomic mass is 10.0. The predicted molar refractivity (Wildman–Crippen MR) is 167 cm³/mol.